The van der Waals surface area contributed by atoms with Crippen LogP contribution in [-0.4, -0.2) is 75.7 Å². The molecule has 1 saturated carbocycles. The minimum Gasteiger partial charge on any atom is -0.437 e. The van der Waals surface area contributed by atoms with Crippen molar-refractivity contribution in [2.45, 2.75) is 84.3 Å². The van der Waals surface area contributed by atoms with E-state index in [4.69, 9.17) is 27.8 Å². The van der Waals surface area contributed by atoms with Crippen molar-refractivity contribution in [2.75, 3.05) is 20.2 Å². The maximum Gasteiger partial charge on any atom is 0.479 e. The number of halogens is 1. The number of phosphoric ester groups is 1. The van der Waals surface area contributed by atoms with Crippen molar-refractivity contribution in [1.82, 2.24) is 9.55 Å². The lowest BCUT2D eigenvalue weighted by Gasteiger charge is -2.33. The smallest absolute Gasteiger partial charge is 0.437 e. The highest BCUT2D eigenvalue weighted by molar-refractivity contribution is 7.48. The molecule has 1 aliphatic carbocycles. The second-order valence-electron chi connectivity index (χ2n) is 11.8. The summed E-state index contributed by atoms with van der Waals surface area (Å²) in [7, 11) is -4.59. The molecule has 39 heavy (non-hydrogen) atoms. The van der Waals surface area contributed by atoms with Crippen LogP contribution in [0.15, 0.2) is 21.9 Å². The molecule has 0 radical (unpaired) electrons. The largest absolute Gasteiger partial charge is 0.479 e. The van der Waals surface area contributed by atoms with Gasteiger partial charge in [0.2, 0.25) is 6.79 Å². The number of aliphatic hydroxyl groups excluding tert-OH is 2. The molecule has 1 aromatic rings. The van der Waals surface area contributed by atoms with Gasteiger partial charge in [0.25, 0.3) is 5.56 Å². The van der Waals surface area contributed by atoms with E-state index in [1.807, 2.05) is 4.98 Å². The molecule has 0 amide bonds. The third kappa shape index (κ3) is 6.68. The van der Waals surface area contributed by atoms with Crippen LogP contribution in [0.2, 0.25) is 0 Å². The quantitative estimate of drug-likeness (QED) is 0.194. The molecule has 1 aromatic heterocycles. The van der Waals surface area contributed by atoms with Crippen molar-refractivity contribution in [1.29, 1.82) is 0 Å². The number of nitrogens with zero attached hydrogens (tertiary/aromatic N) is 1. The Balaban J connectivity index is 1.68. The molecule has 222 valence electrons. The minimum atomic E-state index is -4.59. The van der Waals surface area contributed by atoms with Gasteiger partial charge in [0, 0.05) is 17.7 Å². The van der Waals surface area contributed by atoms with Crippen LogP contribution in [0.25, 0.3) is 0 Å². The summed E-state index contributed by atoms with van der Waals surface area (Å²) in [5.74, 6) is -0.669. The Hall–Kier alpha value is -1.97. The normalized spacial score (nSPS) is 30.9. The van der Waals surface area contributed by atoms with E-state index in [9.17, 15) is 29.2 Å². The standard InChI is InChI=1S/C23H36FN2O12P/c1-20(2,3)17(29)33-11-36-39(32,37-12-34-18(30)21(4,5)6)35-10-22(7)16(28)23(24)14(15(23)38-22)26-9-8-13(27)25-19(26)31/h8-9,14-17,28-29H,10-12H2,1-7H3,(H,25,27,31)/t14?,15-,16+,17?,22+,23+,39?/m0/s1. The lowest BCUT2D eigenvalue weighted by Crippen LogP contribution is -2.49. The second kappa shape index (κ2) is 10.8. The maximum atomic E-state index is 15.7. The third-order valence-corrected chi connectivity index (χ3v) is 7.60. The molecule has 1 saturated heterocycles. The zero-order valence-corrected chi connectivity index (χ0v) is 23.7. The topological polar surface area (TPSA) is 185 Å². The van der Waals surface area contributed by atoms with Crippen molar-refractivity contribution < 1.29 is 51.7 Å². The fourth-order valence-corrected chi connectivity index (χ4v) is 4.84. The number of fused-ring (bicyclic) bond motifs is 1. The van der Waals surface area contributed by atoms with Crippen LogP contribution in [-0.2, 0) is 37.1 Å². The molecule has 0 spiro atoms. The number of H-pyrrole nitrogens is 1. The molecule has 1 aliphatic heterocycles. The highest BCUT2D eigenvalue weighted by Crippen LogP contribution is 2.64. The van der Waals surface area contributed by atoms with E-state index < -0.39 is 91.9 Å². The summed E-state index contributed by atoms with van der Waals surface area (Å²) in [6.45, 7) is 8.82. The number of phosphoric acid groups is 1. The van der Waals surface area contributed by atoms with E-state index in [0.717, 1.165) is 16.8 Å². The number of carbonyl (C=O) groups is 1. The van der Waals surface area contributed by atoms with E-state index in [1.165, 1.54) is 6.92 Å². The summed E-state index contributed by atoms with van der Waals surface area (Å²) in [5.41, 5.74) is -7.30. The number of aliphatic hydroxyl groups is 2. The van der Waals surface area contributed by atoms with Gasteiger partial charge in [0.1, 0.15) is 23.9 Å². The molecule has 2 aliphatic rings. The lowest BCUT2D eigenvalue weighted by atomic mass is 9.96. The molecule has 14 nitrogen and oxygen atoms in total. The first-order valence-electron chi connectivity index (χ1n) is 12.1. The Morgan fingerprint density at radius 1 is 1.21 bits per heavy atom. The number of ether oxygens (including phenoxy) is 3. The van der Waals surface area contributed by atoms with E-state index in [0.29, 0.717) is 0 Å². The van der Waals surface area contributed by atoms with Gasteiger partial charge in [-0.3, -0.25) is 28.2 Å². The Morgan fingerprint density at radius 3 is 2.33 bits per heavy atom. The molecule has 3 N–H and O–H groups in total. The van der Waals surface area contributed by atoms with Crippen LogP contribution in [0.5, 0.6) is 0 Å². The van der Waals surface area contributed by atoms with E-state index in [2.05, 4.69) is 0 Å². The summed E-state index contributed by atoms with van der Waals surface area (Å²) in [6.07, 6.45) is -3.35. The summed E-state index contributed by atoms with van der Waals surface area (Å²) >= 11 is 0. The fourth-order valence-electron chi connectivity index (χ4n) is 3.83. The zero-order chi connectivity index (χ0) is 29.6. The number of aromatic nitrogens is 2. The van der Waals surface area contributed by atoms with Crippen molar-refractivity contribution in [2.24, 2.45) is 10.8 Å². The Labute approximate surface area is 223 Å². The van der Waals surface area contributed by atoms with Crippen molar-refractivity contribution >= 4 is 13.8 Å². The first kappa shape index (κ1) is 31.6. The average molecular weight is 583 g/mol. The highest BCUT2D eigenvalue weighted by atomic mass is 31.2. The first-order valence-corrected chi connectivity index (χ1v) is 13.6. The van der Waals surface area contributed by atoms with Gasteiger partial charge in [-0.05, 0) is 27.7 Å². The number of esters is 1. The molecule has 7 atom stereocenters. The predicted molar refractivity (Wildman–Crippen MR) is 131 cm³/mol. The number of carbonyl (C=O) groups excluding carboxylic acids is 1. The number of alkyl halides is 1. The van der Waals surface area contributed by atoms with Crippen LogP contribution in [0.3, 0.4) is 0 Å². The van der Waals surface area contributed by atoms with Crippen LogP contribution in [0, 0.1) is 10.8 Å². The van der Waals surface area contributed by atoms with Gasteiger partial charge in [0.05, 0.1) is 12.0 Å². The highest BCUT2D eigenvalue weighted by Gasteiger charge is 2.82. The van der Waals surface area contributed by atoms with Gasteiger partial charge in [-0.2, -0.15) is 0 Å². The van der Waals surface area contributed by atoms with Gasteiger partial charge in [-0.1, -0.05) is 20.8 Å². The minimum absolute atomic E-state index is 0.669. The van der Waals surface area contributed by atoms with Crippen LogP contribution in [0.1, 0.15) is 54.5 Å². The third-order valence-electron chi connectivity index (χ3n) is 6.31. The molecular weight excluding hydrogens is 546 g/mol. The van der Waals surface area contributed by atoms with E-state index in [-0.39, 0.29) is 0 Å². The van der Waals surface area contributed by atoms with Crippen LogP contribution in [0.4, 0.5) is 4.39 Å². The summed E-state index contributed by atoms with van der Waals surface area (Å²) in [5, 5.41) is 20.8. The number of aromatic amines is 1. The average Bonchev–Trinajstić information content (AvgIpc) is 3.32. The summed E-state index contributed by atoms with van der Waals surface area (Å²) in [6, 6.07) is -0.183. The van der Waals surface area contributed by atoms with Crippen molar-refractivity contribution in [3.63, 3.8) is 0 Å². The van der Waals surface area contributed by atoms with Crippen molar-refractivity contribution in [3.8, 4) is 0 Å². The molecule has 0 aromatic carbocycles. The van der Waals surface area contributed by atoms with E-state index in [1.54, 1.807) is 41.5 Å². The van der Waals surface area contributed by atoms with Gasteiger partial charge in [-0.25, -0.2) is 18.3 Å². The molecule has 2 fully saturated rings. The number of rotatable bonds is 11. The molecule has 2 heterocycles. The maximum absolute atomic E-state index is 15.7. The molecule has 3 unspecified atom stereocenters. The number of hydrogen-bond donors (Lipinski definition) is 3. The van der Waals surface area contributed by atoms with Gasteiger partial charge in [0.15, 0.2) is 18.8 Å². The molecular formula is C23H36FN2O12P. The van der Waals surface area contributed by atoms with Crippen molar-refractivity contribution in [3.05, 3.63) is 33.1 Å². The Bertz CT molecular complexity index is 1220. The molecule has 0 bridgehead atoms. The zero-order valence-electron chi connectivity index (χ0n) is 22.8. The van der Waals surface area contributed by atoms with Gasteiger partial charge < -0.3 is 24.4 Å². The monoisotopic (exact) mass is 582 g/mol. The molecule has 3 rings (SSSR count). The Morgan fingerprint density at radius 2 is 1.82 bits per heavy atom. The summed E-state index contributed by atoms with van der Waals surface area (Å²) in [4.78, 5) is 37.4. The van der Waals surface area contributed by atoms with Gasteiger partial charge >= 0.3 is 19.5 Å². The second-order valence-corrected chi connectivity index (χ2v) is 13.5. The molecule has 16 heteroatoms. The number of hydrogen-bond acceptors (Lipinski definition) is 12. The summed E-state index contributed by atoms with van der Waals surface area (Å²) < 4.78 is 61.1. The lowest BCUT2D eigenvalue weighted by molar-refractivity contribution is -0.197. The van der Waals surface area contributed by atoms with Crippen LogP contribution >= 0.6 is 7.82 Å². The predicted octanol–water partition coefficient (Wildman–Crippen LogP) is 1.36. The fraction of sp³-hybridized carbons (Fsp3) is 0.783. The SMILES string of the molecule is CC(C)(C)C(=O)OCOP(=O)(OCOC(O)C(C)(C)C)OC[C@@]1(C)O[C@H]2C(n3ccc(=O)[nH]c3=O)[C@]2(F)[C@@H]1O. The van der Waals surface area contributed by atoms with Crippen LogP contribution < -0.4 is 11.2 Å². The van der Waals surface area contributed by atoms with Gasteiger partial charge in [-0.15, -0.1) is 0 Å². The van der Waals surface area contributed by atoms with E-state index >= 15 is 4.39 Å². The number of nitrogens with one attached hydrogen (secondary N) is 1. The Kier molecular flexibility index (Phi) is 8.73. The first-order chi connectivity index (χ1) is 17.7.